The van der Waals surface area contributed by atoms with E-state index >= 15 is 0 Å². The van der Waals surface area contributed by atoms with Gasteiger partial charge in [0.15, 0.2) is 13.2 Å². The second-order valence-electron chi connectivity index (χ2n) is 3.76. The van der Waals surface area contributed by atoms with Gasteiger partial charge in [-0.25, -0.2) is 0 Å². The Morgan fingerprint density at radius 3 is 2.47 bits per heavy atom. The smallest absolute Gasteiger partial charge is 0.413 e. The number of halogens is 3. The summed E-state index contributed by atoms with van der Waals surface area (Å²) in [6, 6.07) is 8.07. The lowest BCUT2D eigenvalue weighted by molar-refractivity contribution is -0.192. The zero-order valence-electron chi connectivity index (χ0n) is 10.2. The van der Waals surface area contributed by atoms with Crippen LogP contribution in [-0.4, -0.2) is 19.4 Å². The fourth-order valence-electron chi connectivity index (χ4n) is 1.28. The molecule has 7 heteroatoms. The van der Waals surface area contributed by atoms with E-state index in [4.69, 9.17) is 10.00 Å². The Morgan fingerprint density at radius 1 is 1.32 bits per heavy atom. The number of nitriles is 1. The van der Waals surface area contributed by atoms with E-state index in [1.165, 1.54) is 0 Å². The summed E-state index contributed by atoms with van der Waals surface area (Å²) in [5, 5.41) is 8.34. The molecule has 1 atom stereocenters. The second-order valence-corrected chi connectivity index (χ2v) is 3.76. The van der Waals surface area contributed by atoms with E-state index in [-0.39, 0.29) is 6.61 Å². The van der Waals surface area contributed by atoms with Crippen LogP contribution in [0.2, 0.25) is 0 Å². The van der Waals surface area contributed by atoms with Crippen molar-refractivity contribution in [2.24, 2.45) is 0 Å². The van der Waals surface area contributed by atoms with Crippen molar-refractivity contribution in [3.63, 3.8) is 0 Å². The second kappa shape index (κ2) is 6.97. The Labute approximate surface area is 108 Å². The van der Waals surface area contributed by atoms with Crippen LogP contribution in [-0.2, 0) is 4.84 Å². The first kappa shape index (κ1) is 15.3. The molecule has 0 fully saturated rings. The number of benzene rings is 1. The van der Waals surface area contributed by atoms with Crippen molar-refractivity contribution in [3.05, 3.63) is 29.8 Å². The van der Waals surface area contributed by atoms with Gasteiger partial charge in [0.25, 0.3) is 0 Å². The Balaban J connectivity index is 2.44. The number of rotatable bonds is 6. The van der Waals surface area contributed by atoms with Gasteiger partial charge in [-0.1, -0.05) is 12.1 Å². The van der Waals surface area contributed by atoms with E-state index in [2.05, 4.69) is 10.3 Å². The van der Waals surface area contributed by atoms with Gasteiger partial charge in [-0.15, -0.1) is 0 Å². The fourth-order valence-corrected chi connectivity index (χ4v) is 1.28. The van der Waals surface area contributed by atoms with Crippen molar-refractivity contribution in [1.29, 1.82) is 5.26 Å². The van der Waals surface area contributed by atoms with E-state index in [1.807, 2.05) is 6.07 Å². The molecule has 0 aliphatic heterocycles. The number of nitrogens with zero attached hydrogens (tertiary/aromatic N) is 1. The number of hydrogen-bond donors (Lipinski definition) is 1. The molecule has 19 heavy (non-hydrogen) atoms. The van der Waals surface area contributed by atoms with Crippen LogP contribution in [0.3, 0.4) is 0 Å². The third-order valence-electron chi connectivity index (χ3n) is 2.18. The van der Waals surface area contributed by atoms with Crippen LogP contribution in [0, 0.1) is 11.3 Å². The Hall–Kier alpha value is -1.78. The summed E-state index contributed by atoms with van der Waals surface area (Å²) in [5.41, 5.74) is 3.05. The third-order valence-corrected chi connectivity index (χ3v) is 2.18. The van der Waals surface area contributed by atoms with Crippen LogP contribution in [0.25, 0.3) is 0 Å². The summed E-state index contributed by atoms with van der Waals surface area (Å²) >= 11 is 0. The lowest BCUT2D eigenvalue weighted by Crippen LogP contribution is -2.26. The Kier molecular flexibility index (Phi) is 5.60. The van der Waals surface area contributed by atoms with Gasteiger partial charge >= 0.3 is 6.18 Å². The Bertz CT molecular complexity index is 426. The highest BCUT2D eigenvalue weighted by Gasteiger charge is 2.28. The maximum Gasteiger partial charge on any atom is 0.413 e. The predicted molar refractivity (Wildman–Crippen MR) is 61.1 cm³/mol. The van der Waals surface area contributed by atoms with Crippen molar-refractivity contribution in [3.8, 4) is 11.8 Å². The maximum atomic E-state index is 11.9. The number of hydroxylamine groups is 1. The third kappa shape index (κ3) is 6.08. The molecule has 4 nitrogen and oxygen atoms in total. The van der Waals surface area contributed by atoms with Crippen LogP contribution >= 0.6 is 0 Å². The lowest BCUT2D eigenvalue weighted by Gasteiger charge is -2.15. The number of nitrogens with one attached hydrogen (secondary N) is 1. The average Bonchev–Trinajstić information content (AvgIpc) is 2.35. The van der Waals surface area contributed by atoms with Gasteiger partial charge in [0.2, 0.25) is 0 Å². The summed E-state index contributed by atoms with van der Waals surface area (Å²) in [6.45, 7) is 0.268. The molecule has 0 aliphatic rings. The van der Waals surface area contributed by atoms with Crippen LogP contribution < -0.4 is 10.2 Å². The molecule has 1 rings (SSSR count). The summed E-state index contributed by atoms with van der Waals surface area (Å²) in [6.07, 6.45) is -4.36. The largest absolute Gasteiger partial charge is 0.479 e. The molecule has 104 valence electrons. The summed E-state index contributed by atoms with van der Waals surface area (Å²) < 4.78 is 40.7. The highest BCUT2D eigenvalue weighted by Crippen LogP contribution is 2.18. The number of ether oxygens (including phenoxy) is 1. The first-order chi connectivity index (χ1) is 8.92. The predicted octanol–water partition coefficient (Wildman–Crippen LogP) is 2.73. The molecule has 0 amide bonds. The van der Waals surface area contributed by atoms with E-state index < -0.39 is 18.8 Å². The summed E-state index contributed by atoms with van der Waals surface area (Å²) in [5.74, 6) is 0.522. The molecule has 0 spiro atoms. The standard InChI is InChI=1S/C12H13F3N2O2/c1-9(17-19-8-12(13,14)15)10-2-4-11(5-3-10)18-7-6-16/h2-5,9,17H,7-8H2,1H3. The highest BCUT2D eigenvalue weighted by atomic mass is 19.4. The van der Waals surface area contributed by atoms with Gasteiger partial charge < -0.3 is 4.74 Å². The molecule has 0 radical (unpaired) electrons. The number of alkyl halides is 3. The van der Waals surface area contributed by atoms with E-state index in [9.17, 15) is 13.2 Å². The van der Waals surface area contributed by atoms with Crippen LogP contribution in [0.5, 0.6) is 5.75 Å². The first-order valence-electron chi connectivity index (χ1n) is 5.46. The van der Waals surface area contributed by atoms with Crippen LogP contribution in [0.1, 0.15) is 18.5 Å². The molecule has 0 saturated carbocycles. The quantitative estimate of drug-likeness (QED) is 0.810. The molecule has 1 aromatic rings. The average molecular weight is 274 g/mol. The molecule has 0 aromatic heterocycles. The van der Waals surface area contributed by atoms with Crippen molar-refractivity contribution in [2.75, 3.05) is 13.2 Å². The molecule has 1 unspecified atom stereocenters. The SMILES string of the molecule is CC(NOCC(F)(F)F)c1ccc(OCC#N)cc1. The van der Waals surface area contributed by atoms with E-state index in [0.717, 1.165) is 5.56 Å². The van der Waals surface area contributed by atoms with Crippen molar-refractivity contribution in [1.82, 2.24) is 5.48 Å². The zero-order chi connectivity index (χ0) is 14.3. The number of hydrogen-bond acceptors (Lipinski definition) is 4. The van der Waals surface area contributed by atoms with Gasteiger partial charge in [0.05, 0.1) is 6.04 Å². The highest BCUT2D eigenvalue weighted by molar-refractivity contribution is 5.28. The van der Waals surface area contributed by atoms with Gasteiger partial charge in [0.1, 0.15) is 11.8 Å². The minimum absolute atomic E-state index is 0.0537. The van der Waals surface area contributed by atoms with Gasteiger partial charge in [-0.2, -0.15) is 23.9 Å². The van der Waals surface area contributed by atoms with E-state index in [0.29, 0.717) is 5.75 Å². The zero-order valence-corrected chi connectivity index (χ0v) is 10.2. The monoisotopic (exact) mass is 274 g/mol. The van der Waals surface area contributed by atoms with Crippen LogP contribution in [0.4, 0.5) is 13.2 Å². The van der Waals surface area contributed by atoms with Gasteiger partial charge in [-0.3, -0.25) is 4.84 Å². The lowest BCUT2D eigenvalue weighted by atomic mass is 10.1. The molecule has 0 aliphatic carbocycles. The van der Waals surface area contributed by atoms with Gasteiger partial charge in [0, 0.05) is 0 Å². The molecule has 0 heterocycles. The molecular weight excluding hydrogens is 261 g/mol. The normalized spacial score (nSPS) is 12.8. The van der Waals surface area contributed by atoms with Crippen molar-refractivity contribution < 1.29 is 22.7 Å². The van der Waals surface area contributed by atoms with Crippen molar-refractivity contribution >= 4 is 0 Å². The summed E-state index contributed by atoms with van der Waals surface area (Å²) in [7, 11) is 0. The maximum absolute atomic E-state index is 11.9. The van der Waals surface area contributed by atoms with Crippen LogP contribution in [0.15, 0.2) is 24.3 Å². The molecule has 1 N–H and O–H groups in total. The Morgan fingerprint density at radius 2 is 1.95 bits per heavy atom. The molecule has 1 aromatic carbocycles. The van der Waals surface area contributed by atoms with Gasteiger partial charge in [-0.05, 0) is 24.6 Å². The molecular formula is C12H13F3N2O2. The van der Waals surface area contributed by atoms with Crippen molar-refractivity contribution in [2.45, 2.75) is 19.1 Å². The molecule has 0 bridgehead atoms. The minimum Gasteiger partial charge on any atom is -0.479 e. The molecule has 0 saturated heterocycles. The van der Waals surface area contributed by atoms with E-state index in [1.54, 1.807) is 31.2 Å². The first-order valence-corrected chi connectivity index (χ1v) is 5.46. The summed E-state index contributed by atoms with van der Waals surface area (Å²) in [4.78, 5) is 4.36. The fraction of sp³-hybridized carbons (Fsp3) is 0.417. The minimum atomic E-state index is -4.36. The topological polar surface area (TPSA) is 54.3 Å².